The van der Waals surface area contributed by atoms with Gasteiger partial charge in [0.2, 0.25) is 0 Å². The van der Waals surface area contributed by atoms with E-state index in [0.29, 0.717) is 37.8 Å². The zero-order chi connectivity index (χ0) is 19.3. The fourth-order valence-corrected chi connectivity index (χ4v) is 3.34. The minimum atomic E-state index is -0.0917. The number of benzene rings is 1. The van der Waals surface area contributed by atoms with Crippen molar-refractivity contribution in [1.82, 2.24) is 24.8 Å². The number of likely N-dealkylation sites (N-methyl/N-ethyl adjacent to an activating group) is 1. The number of nitrogens with one attached hydrogen (secondary N) is 1. The molecule has 8 nitrogen and oxygen atoms in total. The molecule has 4 rings (SSSR count). The van der Waals surface area contributed by atoms with Crippen molar-refractivity contribution in [1.29, 1.82) is 0 Å². The zero-order valence-electron chi connectivity index (χ0n) is 16.0. The number of fused-ring (bicyclic) bond motifs is 1. The van der Waals surface area contributed by atoms with Gasteiger partial charge in [0.05, 0.1) is 36.6 Å². The Hall–Kier alpha value is -3.00. The first-order valence-electron chi connectivity index (χ1n) is 9.62. The van der Waals surface area contributed by atoms with Crippen molar-refractivity contribution in [3.63, 3.8) is 0 Å². The van der Waals surface area contributed by atoms with Gasteiger partial charge in [-0.05, 0) is 19.1 Å². The summed E-state index contributed by atoms with van der Waals surface area (Å²) in [5, 5.41) is 0. The third-order valence-electron chi connectivity index (χ3n) is 4.90. The number of amides is 1. The van der Waals surface area contributed by atoms with Crippen LogP contribution in [-0.4, -0.2) is 70.1 Å². The Labute approximate surface area is 163 Å². The van der Waals surface area contributed by atoms with Crippen molar-refractivity contribution in [2.24, 2.45) is 0 Å². The van der Waals surface area contributed by atoms with E-state index in [-0.39, 0.29) is 5.91 Å². The number of hydrogen-bond donors (Lipinski definition) is 1. The highest BCUT2D eigenvalue weighted by Gasteiger charge is 2.21. The van der Waals surface area contributed by atoms with Gasteiger partial charge in [0, 0.05) is 32.6 Å². The second-order valence-electron chi connectivity index (χ2n) is 6.70. The smallest absolute Gasteiger partial charge is 0.274 e. The van der Waals surface area contributed by atoms with Crippen LogP contribution in [0, 0.1) is 0 Å². The Balaban J connectivity index is 1.45. The number of hydrogen-bond acceptors (Lipinski definition) is 6. The largest absolute Gasteiger partial charge is 0.378 e. The minimum absolute atomic E-state index is 0.0917. The lowest BCUT2D eigenvalue weighted by Gasteiger charge is -2.27. The minimum Gasteiger partial charge on any atom is -0.378 e. The Kier molecular flexibility index (Phi) is 5.48. The van der Waals surface area contributed by atoms with Crippen LogP contribution in [0.1, 0.15) is 23.2 Å². The molecule has 1 N–H and O–H groups in total. The number of H-pyrrole nitrogens is 1. The fraction of sp³-hybridized carbons (Fsp3) is 0.400. The molecule has 0 aliphatic carbocycles. The maximum Gasteiger partial charge on any atom is 0.274 e. The van der Waals surface area contributed by atoms with E-state index in [4.69, 9.17) is 4.74 Å². The predicted molar refractivity (Wildman–Crippen MR) is 106 cm³/mol. The SMILES string of the molecule is CCN(CCc1nc2ccccc2[nH]1)c1cncc(C(=O)N2CCOCC2)n1. The molecule has 0 unspecified atom stereocenters. The van der Waals surface area contributed by atoms with Crippen LogP contribution in [-0.2, 0) is 11.2 Å². The normalized spacial score (nSPS) is 14.4. The van der Waals surface area contributed by atoms with E-state index in [2.05, 4.69) is 31.8 Å². The summed E-state index contributed by atoms with van der Waals surface area (Å²) >= 11 is 0. The Morgan fingerprint density at radius 2 is 2.04 bits per heavy atom. The number of aromatic nitrogens is 4. The third kappa shape index (κ3) is 3.96. The van der Waals surface area contributed by atoms with Gasteiger partial charge in [-0.1, -0.05) is 12.1 Å². The van der Waals surface area contributed by atoms with Crippen molar-refractivity contribution < 1.29 is 9.53 Å². The lowest BCUT2D eigenvalue weighted by Crippen LogP contribution is -2.41. The van der Waals surface area contributed by atoms with Crippen molar-refractivity contribution >= 4 is 22.8 Å². The van der Waals surface area contributed by atoms with E-state index < -0.39 is 0 Å². The van der Waals surface area contributed by atoms with Crippen LogP contribution >= 0.6 is 0 Å². The van der Waals surface area contributed by atoms with Crippen LogP contribution in [0.5, 0.6) is 0 Å². The van der Waals surface area contributed by atoms with Crippen LogP contribution in [0.4, 0.5) is 5.82 Å². The molecule has 1 aliphatic heterocycles. The van der Waals surface area contributed by atoms with E-state index >= 15 is 0 Å². The number of carbonyl (C=O) groups excluding carboxylic acids is 1. The van der Waals surface area contributed by atoms with E-state index in [1.807, 2.05) is 24.3 Å². The standard InChI is InChI=1S/C20H24N6O2/c1-2-25(8-7-18-22-15-5-3-4-6-16(15)23-18)19-14-21-13-17(24-19)20(27)26-9-11-28-12-10-26/h3-6,13-14H,2,7-12H2,1H3,(H,22,23). The van der Waals surface area contributed by atoms with Gasteiger partial charge in [0.1, 0.15) is 17.3 Å². The molecule has 3 heterocycles. The Morgan fingerprint density at radius 3 is 2.82 bits per heavy atom. The number of morpholine rings is 1. The molecular formula is C20H24N6O2. The first-order chi connectivity index (χ1) is 13.7. The number of ether oxygens (including phenoxy) is 1. The molecule has 0 radical (unpaired) electrons. The molecule has 2 aromatic heterocycles. The molecule has 0 spiro atoms. The van der Waals surface area contributed by atoms with E-state index in [0.717, 1.165) is 36.4 Å². The first kappa shape index (κ1) is 18.4. The number of aromatic amines is 1. The van der Waals surface area contributed by atoms with Gasteiger partial charge in [-0.2, -0.15) is 0 Å². The summed E-state index contributed by atoms with van der Waals surface area (Å²) in [5.74, 6) is 1.55. The summed E-state index contributed by atoms with van der Waals surface area (Å²) in [6.45, 7) is 5.89. The highest BCUT2D eigenvalue weighted by Crippen LogP contribution is 2.14. The molecule has 0 bridgehead atoms. The maximum atomic E-state index is 12.7. The lowest BCUT2D eigenvalue weighted by atomic mass is 10.3. The maximum absolute atomic E-state index is 12.7. The summed E-state index contributed by atoms with van der Waals surface area (Å²) in [4.78, 5) is 33.4. The van der Waals surface area contributed by atoms with Crippen molar-refractivity contribution in [2.45, 2.75) is 13.3 Å². The van der Waals surface area contributed by atoms with E-state index in [9.17, 15) is 4.79 Å². The Bertz CT molecular complexity index is 918. The summed E-state index contributed by atoms with van der Waals surface area (Å²) < 4.78 is 5.31. The summed E-state index contributed by atoms with van der Waals surface area (Å²) in [6, 6.07) is 8.00. The fourth-order valence-electron chi connectivity index (χ4n) is 3.34. The zero-order valence-corrected chi connectivity index (χ0v) is 16.0. The predicted octanol–water partition coefficient (Wildman–Crippen LogP) is 1.89. The van der Waals surface area contributed by atoms with Gasteiger partial charge >= 0.3 is 0 Å². The van der Waals surface area contributed by atoms with E-state index in [1.165, 1.54) is 6.20 Å². The second kappa shape index (κ2) is 8.35. The van der Waals surface area contributed by atoms with Crippen LogP contribution < -0.4 is 4.90 Å². The molecule has 1 aromatic carbocycles. The lowest BCUT2D eigenvalue weighted by molar-refractivity contribution is 0.0299. The second-order valence-corrected chi connectivity index (χ2v) is 6.70. The molecule has 28 heavy (non-hydrogen) atoms. The van der Waals surface area contributed by atoms with Crippen molar-refractivity contribution in [2.75, 3.05) is 44.3 Å². The summed E-state index contributed by atoms with van der Waals surface area (Å²) in [5.41, 5.74) is 2.39. The van der Waals surface area contributed by atoms with Crippen LogP contribution in [0.25, 0.3) is 11.0 Å². The van der Waals surface area contributed by atoms with Gasteiger partial charge in [-0.25, -0.2) is 9.97 Å². The molecule has 0 atom stereocenters. The van der Waals surface area contributed by atoms with Crippen LogP contribution in [0.3, 0.4) is 0 Å². The molecule has 1 saturated heterocycles. The Morgan fingerprint density at radius 1 is 1.21 bits per heavy atom. The summed E-state index contributed by atoms with van der Waals surface area (Å²) in [6.07, 6.45) is 4.00. The van der Waals surface area contributed by atoms with Crippen LogP contribution in [0.15, 0.2) is 36.7 Å². The molecule has 0 saturated carbocycles. The van der Waals surface area contributed by atoms with Gasteiger partial charge in [0.15, 0.2) is 0 Å². The number of imidazole rings is 1. The van der Waals surface area contributed by atoms with Gasteiger partial charge < -0.3 is 19.5 Å². The average Bonchev–Trinajstić information content (AvgIpc) is 3.17. The molecule has 1 amide bonds. The quantitative estimate of drug-likeness (QED) is 0.703. The van der Waals surface area contributed by atoms with Gasteiger partial charge in [-0.3, -0.25) is 9.78 Å². The highest BCUT2D eigenvalue weighted by atomic mass is 16.5. The number of anilines is 1. The number of rotatable bonds is 6. The van der Waals surface area contributed by atoms with Crippen LogP contribution in [0.2, 0.25) is 0 Å². The first-order valence-corrected chi connectivity index (χ1v) is 9.62. The third-order valence-corrected chi connectivity index (χ3v) is 4.90. The number of para-hydroxylation sites is 2. The molecular weight excluding hydrogens is 356 g/mol. The molecule has 8 heteroatoms. The molecule has 146 valence electrons. The average molecular weight is 380 g/mol. The monoisotopic (exact) mass is 380 g/mol. The number of carbonyl (C=O) groups is 1. The van der Waals surface area contributed by atoms with Crippen molar-refractivity contribution in [3.05, 3.63) is 48.2 Å². The van der Waals surface area contributed by atoms with Gasteiger partial charge in [0.25, 0.3) is 5.91 Å². The molecule has 3 aromatic rings. The summed E-state index contributed by atoms with van der Waals surface area (Å²) in [7, 11) is 0. The number of nitrogens with zero attached hydrogens (tertiary/aromatic N) is 5. The van der Waals surface area contributed by atoms with Crippen molar-refractivity contribution in [3.8, 4) is 0 Å². The topological polar surface area (TPSA) is 87.2 Å². The molecule has 1 aliphatic rings. The molecule has 1 fully saturated rings. The van der Waals surface area contributed by atoms with Gasteiger partial charge in [-0.15, -0.1) is 0 Å². The van der Waals surface area contributed by atoms with E-state index in [1.54, 1.807) is 11.1 Å². The highest BCUT2D eigenvalue weighted by molar-refractivity contribution is 5.92.